The Morgan fingerprint density at radius 1 is 1.12 bits per heavy atom. The molecule has 1 atom stereocenters. The molecule has 9 nitrogen and oxygen atoms in total. The van der Waals surface area contributed by atoms with E-state index in [0.29, 0.717) is 37.0 Å². The summed E-state index contributed by atoms with van der Waals surface area (Å²) in [6, 6.07) is 13.9. The summed E-state index contributed by atoms with van der Waals surface area (Å²) in [5.41, 5.74) is 6.41. The molecular formula is C32H36N6O3. The number of benzene rings is 2. The molecule has 3 heterocycles. The van der Waals surface area contributed by atoms with Gasteiger partial charge in [-0.3, -0.25) is 19.7 Å². The lowest BCUT2D eigenvalue weighted by molar-refractivity contribution is -0.136. The number of aryl methyl sites for hydroxylation is 1. The average Bonchev–Trinajstić information content (AvgIpc) is 3.28. The largest absolute Gasteiger partial charge is 0.388 e. The number of carbonyl (C=O) groups is 3. The third-order valence-electron chi connectivity index (χ3n) is 8.73. The van der Waals surface area contributed by atoms with Gasteiger partial charge in [0.15, 0.2) is 0 Å². The number of amides is 3. The first-order chi connectivity index (χ1) is 20.0. The molecule has 212 valence electrons. The van der Waals surface area contributed by atoms with Gasteiger partial charge in [-0.05, 0) is 67.3 Å². The van der Waals surface area contributed by atoms with Crippen molar-refractivity contribution in [2.24, 2.45) is 10.9 Å². The monoisotopic (exact) mass is 552 g/mol. The Bertz CT molecular complexity index is 1440. The fraction of sp³-hybridized carbons (Fsp3) is 0.406. The van der Waals surface area contributed by atoms with Gasteiger partial charge in [-0.1, -0.05) is 37.1 Å². The number of carbonyl (C=O) groups excluding carboxylic acids is 3. The fourth-order valence-corrected chi connectivity index (χ4v) is 6.29. The Kier molecular flexibility index (Phi) is 7.67. The van der Waals surface area contributed by atoms with E-state index in [0.717, 1.165) is 65.9 Å². The van der Waals surface area contributed by atoms with E-state index < -0.39 is 6.04 Å². The first-order valence-electron chi connectivity index (χ1n) is 14.6. The van der Waals surface area contributed by atoms with Gasteiger partial charge in [0.05, 0.1) is 23.6 Å². The molecule has 41 heavy (non-hydrogen) atoms. The molecule has 4 aliphatic rings. The Morgan fingerprint density at radius 2 is 1.98 bits per heavy atom. The molecule has 9 heteroatoms. The summed E-state index contributed by atoms with van der Waals surface area (Å²) in [5, 5.41) is 17.1. The molecule has 3 aliphatic heterocycles. The number of fused-ring (bicyclic) bond motifs is 2. The standard InChI is InChI=1S/C32H36N6O3/c33-16-23(28-18-35-26-7-3-4-8-27(26)36-28)17-34-24-13-21(14-24)6-2-1-5-20-9-10-22-19-38(32(41)25(22)15-20)29-11-12-30(39)37-31(29)40/h3-4,7-10,15-17,21,24,29,33-35H,1-2,5-6,11-14,18-19H2,(H,37,39,40)/b23-17+,33-16?. The minimum absolute atomic E-state index is 0.110. The maximum atomic E-state index is 13.1. The number of nitrogens with one attached hydrogen (secondary N) is 4. The van der Waals surface area contributed by atoms with Crippen LogP contribution in [0.2, 0.25) is 0 Å². The zero-order chi connectivity index (χ0) is 28.3. The predicted molar refractivity (Wildman–Crippen MR) is 159 cm³/mol. The molecule has 1 saturated carbocycles. The van der Waals surface area contributed by atoms with E-state index >= 15 is 0 Å². The molecule has 6 rings (SSSR count). The van der Waals surface area contributed by atoms with Gasteiger partial charge in [0.1, 0.15) is 6.04 Å². The van der Waals surface area contributed by atoms with E-state index in [9.17, 15) is 14.4 Å². The zero-order valence-electron chi connectivity index (χ0n) is 23.1. The van der Waals surface area contributed by atoms with E-state index in [-0.39, 0.29) is 24.1 Å². The number of nitrogens with zero attached hydrogens (tertiary/aromatic N) is 2. The van der Waals surface area contributed by atoms with Crippen LogP contribution in [0.25, 0.3) is 0 Å². The number of piperidine rings is 1. The molecule has 0 radical (unpaired) electrons. The second-order valence-corrected chi connectivity index (χ2v) is 11.5. The Morgan fingerprint density at radius 3 is 2.80 bits per heavy atom. The van der Waals surface area contributed by atoms with Crippen LogP contribution in [0.3, 0.4) is 0 Å². The lowest BCUT2D eigenvalue weighted by Gasteiger charge is -2.36. The normalized spacial score (nSPS) is 23.6. The molecular weight excluding hydrogens is 516 g/mol. The third kappa shape index (κ3) is 5.80. The maximum Gasteiger partial charge on any atom is 0.255 e. The van der Waals surface area contributed by atoms with Crippen LogP contribution in [-0.2, 0) is 22.6 Å². The number of hydrogen-bond acceptors (Lipinski definition) is 7. The number of unbranched alkanes of at least 4 members (excludes halogenated alkanes) is 1. The van der Waals surface area contributed by atoms with Crippen molar-refractivity contribution in [3.8, 4) is 0 Å². The molecule has 0 aromatic heterocycles. The first kappa shape index (κ1) is 26.9. The summed E-state index contributed by atoms with van der Waals surface area (Å²) in [4.78, 5) is 43.1. The molecule has 1 saturated heterocycles. The van der Waals surface area contributed by atoms with Crippen molar-refractivity contribution in [1.82, 2.24) is 15.5 Å². The summed E-state index contributed by atoms with van der Waals surface area (Å²) >= 11 is 0. The van der Waals surface area contributed by atoms with E-state index in [4.69, 9.17) is 10.4 Å². The van der Waals surface area contributed by atoms with Crippen molar-refractivity contribution in [3.63, 3.8) is 0 Å². The van der Waals surface area contributed by atoms with Crippen molar-refractivity contribution < 1.29 is 14.4 Å². The van der Waals surface area contributed by atoms with Crippen LogP contribution in [0.15, 0.2) is 59.2 Å². The van der Waals surface area contributed by atoms with E-state index in [2.05, 4.69) is 22.0 Å². The van der Waals surface area contributed by atoms with E-state index in [1.807, 2.05) is 42.6 Å². The van der Waals surface area contributed by atoms with Gasteiger partial charge in [0.2, 0.25) is 11.8 Å². The molecule has 2 fully saturated rings. The minimum atomic E-state index is -0.570. The SMILES string of the molecule is N=C/C(=C\NC1CC(CCCCc2ccc3c(c2)C(=O)N(C2CCC(=O)NC2=O)C3)C1)C1=Nc2ccccc2NC1. The van der Waals surface area contributed by atoms with Gasteiger partial charge in [-0.2, -0.15) is 0 Å². The van der Waals surface area contributed by atoms with E-state index in [1.165, 1.54) is 12.6 Å². The summed E-state index contributed by atoms with van der Waals surface area (Å²) in [6.45, 7) is 1.04. The topological polar surface area (TPSA) is 127 Å². The second kappa shape index (κ2) is 11.7. The van der Waals surface area contributed by atoms with Crippen LogP contribution in [-0.4, -0.2) is 53.2 Å². The van der Waals surface area contributed by atoms with Crippen molar-refractivity contribution >= 4 is 41.0 Å². The number of anilines is 1. The van der Waals surface area contributed by atoms with Gasteiger partial charge in [-0.15, -0.1) is 0 Å². The Hall–Kier alpha value is -4.27. The summed E-state index contributed by atoms with van der Waals surface area (Å²) in [6.07, 6.45) is 10.6. The number of imide groups is 1. The van der Waals surface area contributed by atoms with Gasteiger partial charge in [0, 0.05) is 42.6 Å². The molecule has 3 amide bonds. The average molecular weight is 553 g/mol. The lowest BCUT2D eigenvalue weighted by atomic mass is 9.77. The smallest absolute Gasteiger partial charge is 0.255 e. The van der Waals surface area contributed by atoms with Crippen molar-refractivity contribution in [2.75, 3.05) is 11.9 Å². The Labute approximate surface area is 240 Å². The minimum Gasteiger partial charge on any atom is -0.388 e. The lowest BCUT2D eigenvalue weighted by Crippen LogP contribution is -2.52. The van der Waals surface area contributed by atoms with Crippen LogP contribution in [0.5, 0.6) is 0 Å². The van der Waals surface area contributed by atoms with E-state index in [1.54, 1.807) is 4.90 Å². The molecule has 1 unspecified atom stereocenters. The van der Waals surface area contributed by atoms with Gasteiger partial charge < -0.3 is 20.9 Å². The van der Waals surface area contributed by atoms with Crippen LogP contribution in [0, 0.1) is 11.3 Å². The summed E-state index contributed by atoms with van der Waals surface area (Å²) in [5.74, 6) is -0.0334. The van der Waals surface area contributed by atoms with Crippen molar-refractivity contribution in [3.05, 3.63) is 70.9 Å². The molecule has 2 aromatic rings. The van der Waals surface area contributed by atoms with Crippen molar-refractivity contribution in [2.45, 2.75) is 70.0 Å². The molecule has 0 bridgehead atoms. The number of hydrogen-bond donors (Lipinski definition) is 4. The van der Waals surface area contributed by atoms with Crippen LogP contribution < -0.4 is 16.0 Å². The highest BCUT2D eigenvalue weighted by Crippen LogP contribution is 2.33. The van der Waals surface area contributed by atoms with Gasteiger partial charge in [0.25, 0.3) is 5.91 Å². The third-order valence-corrected chi connectivity index (χ3v) is 8.73. The molecule has 2 aromatic carbocycles. The second-order valence-electron chi connectivity index (χ2n) is 11.5. The van der Waals surface area contributed by atoms with Crippen LogP contribution in [0.4, 0.5) is 11.4 Å². The predicted octanol–water partition coefficient (Wildman–Crippen LogP) is 4.26. The molecule has 0 spiro atoms. The molecule has 4 N–H and O–H groups in total. The molecule has 1 aliphatic carbocycles. The zero-order valence-corrected chi connectivity index (χ0v) is 23.1. The summed E-state index contributed by atoms with van der Waals surface area (Å²) in [7, 11) is 0. The van der Waals surface area contributed by atoms with Gasteiger partial charge in [-0.25, -0.2) is 4.99 Å². The Balaban J connectivity index is 0.926. The number of rotatable bonds is 10. The number of aliphatic imine (C=N–C) groups is 1. The highest BCUT2D eigenvalue weighted by Gasteiger charge is 2.39. The summed E-state index contributed by atoms with van der Waals surface area (Å²) < 4.78 is 0. The van der Waals surface area contributed by atoms with Gasteiger partial charge >= 0.3 is 0 Å². The highest BCUT2D eigenvalue weighted by atomic mass is 16.2. The first-order valence-corrected chi connectivity index (χ1v) is 14.6. The highest BCUT2D eigenvalue weighted by molar-refractivity contribution is 6.19. The fourth-order valence-electron chi connectivity index (χ4n) is 6.29. The van der Waals surface area contributed by atoms with Crippen molar-refractivity contribution in [1.29, 1.82) is 5.41 Å². The quantitative estimate of drug-likeness (QED) is 0.199. The maximum absolute atomic E-state index is 13.1. The van der Waals surface area contributed by atoms with Crippen LogP contribution >= 0.6 is 0 Å². The van der Waals surface area contributed by atoms with Crippen LogP contribution in [0.1, 0.15) is 66.4 Å². The number of para-hydroxylation sites is 2.